The van der Waals surface area contributed by atoms with Crippen molar-refractivity contribution in [1.82, 2.24) is 20.2 Å². The SMILES string of the molecule is COc1ccc(Cl)cc1-n1nnc(CO)n1. The summed E-state index contributed by atoms with van der Waals surface area (Å²) in [4.78, 5) is 1.26. The fraction of sp³-hybridized carbons (Fsp3) is 0.222. The highest BCUT2D eigenvalue weighted by molar-refractivity contribution is 6.30. The Kier molecular flexibility index (Phi) is 3.02. The van der Waals surface area contributed by atoms with E-state index in [0.29, 0.717) is 16.5 Å². The zero-order valence-electron chi connectivity index (χ0n) is 8.46. The van der Waals surface area contributed by atoms with E-state index >= 15 is 0 Å². The van der Waals surface area contributed by atoms with Gasteiger partial charge in [-0.25, -0.2) is 0 Å². The van der Waals surface area contributed by atoms with Crippen molar-refractivity contribution in [3.63, 3.8) is 0 Å². The first-order valence-electron chi connectivity index (χ1n) is 4.48. The van der Waals surface area contributed by atoms with Crippen molar-refractivity contribution in [2.45, 2.75) is 6.61 Å². The summed E-state index contributed by atoms with van der Waals surface area (Å²) in [6, 6.07) is 5.07. The summed E-state index contributed by atoms with van der Waals surface area (Å²) in [7, 11) is 1.54. The Hall–Kier alpha value is -1.66. The standard InChI is InChI=1S/C9H9ClN4O2/c1-16-8-3-2-6(10)4-7(8)14-12-9(5-15)11-13-14/h2-4,15H,5H2,1H3. The van der Waals surface area contributed by atoms with Gasteiger partial charge in [-0.3, -0.25) is 0 Å². The smallest absolute Gasteiger partial charge is 0.200 e. The molecule has 7 heteroatoms. The second-order valence-electron chi connectivity index (χ2n) is 2.97. The van der Waals surface area contributed by atoms with E-state index in [1.165, 1.54) is 11.9 Å². The molecule has 1 aromatic carbocycles. The van der Waals surface area contributed by atoms with Crippen molar-refractivity contribution >= 4 is 11.6 Å². The third kappa shape index (κ3) is 1.98. The summed E-state index contributed by atoms with van der Waals surface area (Å²) >= 11 is 5.87. The summed E-state index contributed by atoms with van der Waals surface area (Å²) in [6.45, 7) is -0.261. The Morgan fingerprint density at radius 2 is 2.31 bits per heavy atom. The highest BCUT2D eigenvalue weighted by atomic mass is 35.5. The van der Waals surface area contributed by atoms with Crippen molar-refractivity contribution in [2.24, 2.45) is 0 Å². The average Bonchev–Trinajstić information content (AvgIpc) is 2.77. The van der Waals surface area contributed by atoms with Crippen LogP contribution in [0.4, 0.5) is 0 Å². The van der Waals surface area contributed by atoms with Crippen molar-refractivity contribution in [3.05, 3.63) is 29.0 Å². The lowest BCUT2D eigenvalue weighted by Crippen LogP contribution is -2.02. The second kappa shape index (κ2) is 4.46. The molecule has 0 aliphatic carbocycles. The maximum atomic E-state index is 8.84. The minimum atomic E-state index is -0.261. The molecule has 0 saturated carbocycles. The van der Waals surface area contributed by atoms with E-state index in [9.17, 15) is 0 Å². The van der Waals surface area contributed by atoms with E-state index in [1.807, 2.05) is 0 Å². The number of aliphatic hydroxyl groups excluding tert-OH is 1. The van der Waals surface area contributed by atoms with Gasteiger partial charge in [-0.1, -0.05) is 11.6 Å². The van der Waals surface area contributed by atoms with Crippen LogP contribution in [0.1, 0.15) is 5.82 Å². The molecule has 0 spiro atoms. The molecule has 0 aliphatic rings. The number of aliphatic hydroxyl groups is 1. The molecule has 0 bridgehead atoms. The van der Waals surface area contributed by atoms with Gasteiger partial charge in [-0.15, -0.1) is 15.0 Å². The van der Waals surface area contributed by atoms with E-state index in [0.717, 1.165) is 0 Å². The van der Waals surface area contributed by atoms with Gasteiger partial charge < -0.3 is 9.84 Å². The number of methoxy groups -OCH3 is 1. The average molecular weight is 241 g/mol. The normalized spacial score (nSPS) is 10.4. The molecule has 0 amide bonds. The molecule has 0 saturated heterocycles. The first-order valence-corrected chi connectivity index (χ1v) is 4.86. The Morgan fingerprint density at radius 1 is 1.50 bits per heavy atom. The fourth-order valence-corrected chi connectivity index (χ4v) is 1.39. The largest absolute Gasteiger partial charge is 0.494 e. The predicted molar refractivity (Wildman–Crippen MR) is 56.6 cm³/mol. The van der Waals surface area contributed by atoms with Crippen LogP contribution < -0.4 is 4.74 Å². The lowest BCUT2D eigenvalue weighted by molar-refractivity contribution is 0.271. The molecule has 0 fully saturated rings. The molecule has 1 N–H and O–H groups in total. The molecule has 16 heavy (non-hydrogen) atoms. The molecule has 0 unspecified atom stereocenters. The molecular formula is C9H9ClN4O2. The van der Waals surface area contributed by atoms with Gasteiger partial charge in [0.15, 0.2) is 0 Å². The highest BCUT2D eigenvalue weighted by Gasteiger charge is 2.10. The quantitative estimate of drug-likeness (QED) is 0.860. The van der Waals surface area contributed by atoms with Crippen molar-refractivity contribution in [1.29, 1.82) is 0 Å². The van der Waals surface area contributed by atoms with Crippen LogP contribution in [0.3, 0.4) is 0 Å². The number of hydrogen-bond acceptors (Lipinski definition) is 5. The Morgan fingerprint density at radius 3 is 2.94 bits per heavy atom. The second-order valence-corrected chi connectivity index (χ2v) is 3.41. The molecule has 84 valence electrons. The molecular weight excluding hydrogens is 232 g/mol. The lowest BCUT2D eigenvalue weighted by atomic mass is 10.3. The number of halogens is 1. The topological polar surface area (TPSA) is 73.1 Å². The monoisotopic (exact) mass is 240 g/mol. The first-order chi connectivity index (χ1) is 7.74. The number of nitrogens with zero attached hydrogens (tertiary/aromatic N) is 4. The van der Waals surface area contributed by atoms with Crippen LogP contribution in [0.5, 0.6) is 5.75 Å². The van der Waals surface area contributed by atoms with Gasteiger partial charge in [0.25, 0.3) is 0 Å². The third-order valence-corrected chi connectivity index (χ3v) is 2.19. The minimum Gasteiger partial charge on any atom is -0.494 e. The maximum absolute atomic E-state index is 8.84. The van der Waals surface area contributed by atoms with E-state index in [2.05, 4.69) is 15.4 Å². The van der Waals surface area contributed by atoms with Crippen LogP contribution in [-0.2, 0) is 6.61 Å². The summed E-state index contributed by atoms with van der Waals surface area (Å²) in [6.07, 6.45) is 0. The molecule has 0 radical (unpaired) electrons. The third-order valence-electron chi connectivity index (χ3n) is 1.95. The van der Waals surface area contributed by atoms with Crippen LogP contribution in [0.2, 0.25) is 5.02 Å². The number of ether oxygens (including phenoxy) is 1. The Bertz CT molecular complexity index is 500. The Balaban J connectivity index is 2.49. The maximum Gasteiger partial charge on any atom is 0.200 e. The zero-order valence-corrected chi connectivity index (χ0v) is 9.22. The molecule has 2 rings (SSSR count). The molecule has 2 aromatic rings. The fourth-order valence-electron chi connectivity index (χ4n) is 1.23. The van der Waals surface area contributed by atoms with E-state index < -0.39 is 0 Å². The number of aromatic nitrogens is 4. The van der Waals surface area contributed by atoms with Gasteiger partial charge in [0.05, 0.1) is 7.11 Å². The number of tetrazole rings is 1. The lowest BCUT2D eigenvalue weighted by Gasteiger charge is -2.06. The van der Waals surface area contributed by atoms with Gasteiger partial charge in [-0.05, 0) is 23.4 Å². The van der Waals surface area contributed by atoms with Crippen LogP contribution in [-0.4, -0.2) is 32.4 Å². The summed E-state index contributed by atoms with van der Waals surface area (Å²) < 4.78 is 5.15. The number of hydrogen-bond donors (Lipinski definition) is 1. The van der Waals surface area contributed by atoms with Gasteiger partial charge in [0, 0.05) is 5.02 Å². The van der Waals surface area contributed by atoms with Gasteiger partial charge in [0.2, 0.25) is 5.82 Å². The van der Waals surface area contributed by atoms with Crippen LogP contribution >= 0.6 is 11.6 Å². The first kappa shape index (κ1) is 10.8. The van der Waals surface area contributed by atoms with Gasteiger partial charge in [-0.2, -0.15) is 0 Å². The van der Waals surface area contributed by atoms with E-state index in [-0.39, 0.29) is 12.4 Å². The summed E-state index contributed by atoms with van der Waals surface area (Å²) in [5.74, 6) is 0.813. The van der Waals surface area contributed by atoms with Crippen molar-refractivity contribution < 1.29 is 9.84 Å². The molecule has 0 atom stereocenters. The minimum absolute atomic E-state index is 0.238. The number of rotatable bonds is 3. The highest BCUT2D eigenvalue weighted by Crippen LogP contribution is 2.24. The summed E-state index contributed by atoms with van der Waals surface area (Å²) in [5.41, 5.74) is 0.571. The van der Waals surface area contributed by atoms with E-state index in [4.69, 9.17) is 21.4 Å². The van der Waals surface area contributed by atoms with Crippen LogP contribution in [0.15, 0.2) is 18.2 Å². The van der Waals surface area contributed by atoms with Crippen LogP contribution in [0.25, 0.3) is 5.69 Å². The van der Waals surface area contributed by atoms with Crippen molar-refractivity contribution in [2.75, 3.05) is 7.11 Å². The molecule has 6 nitrogen and oxygen atoms in total. The molecule has 1 heterocycles. The summed E-state index contributed by atoms with van der Waals surface area (Å²) in [5, 5.41) is 20.8. The Labute approximate surface area is 96.4 Å². The van der Waals surface area contributed by atoms with Gasteiger partial charge in [0.1, 0.15) is 18.0 Å². The van der Waals surface area contributed by atoms with Crippen LogP contribution in [0, 0.1) is 0 Å². The van der Waals surface area contributed by atoms with Crippen molar-refractivity contribution in [3.8, 4) is 11.4 Å². The molecule has 0 aliphatic heterocycles. The van der Waals surface area contributed by atoms with E-state index in [1.54, 1.807) is 18.2 Å². The van der Waals surface area contributed by atoms with Gasteiger partial charge >= 0.3 is 0 Å². The predicted octanol–water partition coefficient (Wildman–Crippen LogP) is 0.817. The zero-order chi connectivity index (χ0) is 11.5. The molecule has 1 aromatic heterocycles. The number of benzene rings is 1.